The summed E-state index contributed by atoms with van der Waals surface area (Å²) in [4.78, 5) is 0. The molecule has 0 aromatic heterocycles. The van der Waals surface area contributed by atoms with E-state index in [1.165, 1.54) is 16.7 Å². The second-order valence-electron chi connectivity index (χ2n) is 5.71. The molecule has 1 aliphatic carbocycles. The highest BCUT2D eigenvalue weighted by molar-refractivity contribution is 6.31. The Bertz CT molecular complexity index is 596. The van der Waals surface area contributed by atoms with E-state index in [1.54, 1.807) is 0 Å². The quantitative estimate of drug-likeness (QED) is 0.885. The molecule has 0 saturated carbocycles. The minimum atomic E-state index is 0.362. The Morgan fingerprint density at radius 2 is 1.75 bits per heavy atom. The van der Waals surface area contributed by atoms with E-state index in [0.29, 0.717) is 12.0 Å². The van der Waals surface area contributed by atoms with Gasteiger partial charge in [-0.05, 0) is 61.1 Å². The molecule has 0 bridgehead atoms. The summed E-state index contributed by atoms with van der Waals surface area (Å²) in [6, 6.07) is 15.6. The number of nitrogens with one attached hydrogen (secondary N) is 1. The van der Waals surface area contributed by atoms with Crippen LogP contribution in [0.3, 0.4) is 0 Å². The van der Waals surface area contributed by atoms with Gasteiger partial charge in [-0.25, -0.2) is 0 Å². The summed E-state index contributed by atoms with van der Waals surface area (Å²) in [7, 11) is 2.04. The lowest BCUT2D eigenvalue weighted by Crippen LogP contribution is -2.25. The predicted molar refractivity (Wildman–Crippen MR) is 85.3 cm³/mol. The van der Waals surface area contributed by atoms with Gasteiger partial charge in [-0.3, -0.25) is 0 Å². The average Bonchev–Trinajstić information content (AvgIpc) is 2.87. The number of rotatable bonds is 3. The van der Waals surface area contributed by atoms with Crippen LogP contribution in [-0.4, -0.2) is 7.05 Å². The zero-order valence-corrected chi connectivity index (χ0v) is 12.7. The maximum absolute atomic E-state index is 6.28. The van der Waals surface area contributed by atoms with Gasteiger partial charge in [0, 0.05) is 11.1 Å². The van der Waals surface area contributed by atoms with Crippen LogP contribution in [-0.2, 0) is 12.8 Å². The first-order valence-electron chi connectivity index (χ1n) is 7.19. The van der Waals surface area contributed by atoms with Gasteiger partial charge >= 0.3 is 0 Å². The fourth-order valence-electron chi connectivity index (χ4n) is 3.31. The second kappa shape index (κ2) is 5.59. The fraction of sp³-hybridized carbons (Fsp3) is 0.333. The zero-order valence-electron chi connectivity index (χ0n) is 12.0. The van der Waals surface area contributed by atoms with Crippen molar-refractivity contribution in [3.8, 4) is 0 Å². The van der Waals surface area contributed by atoms with E-state index in [9.17, 15) is 0 Å². The molecule has 1 N–H and O–H groups in total. The third kappa shape index (κ3) is 2.48. The summed E-state index contributed by atoms with van der Waals surface area (Å²) < 4.78 is 0. The standard InChI is InChI=1S/C18H20ClN/c1-12-7-8-15(11-17(12)19)18(20-2)16-9-13-5-3-4-6-14(13)10-16/h3-8,11,16,18,20H,9-10H2,1-2H3. The highest BCUT2D eigenvalue weighted by Gasteiger charge is 2.28. The van der Waals surface area contributed by atoms with Crippen molar-refractivity contribution in [2.75, 3.05) is 7.05 Å². The van der Waals surface area contributed by atoms with Gasteiger partial charge in [-0.1, -0.05) is 48.0 Å². The molecule has 0 saturated heterocycles. The first-order valence-corrected chi connectivity index (χ1v) is 7.57. The molecule has 2 aromatic rings. The van der Waals surface area contributed by atoms with Crippen LogP contribution in [0.5, 0.6) is 0 Å². The maximum Gasteiger partial charge on any atom is 0.0438 e. The van der Waals surface area contributed by atoms with Crippen molar-refractivity contribution < 1.29 is 0 Å². The van der Waals surface area contributed by atoms with Crippen molar-refractivity contribution in [1.82, 2.24) is 5.32 Å². The third-order valence-corrected chi connectivity index (χ3v) is 4.83. The fourth-order valence-corrected chi connectivity index (χ4v) is 3.49. The summed E-state index contributed by atoms with van der Waals surface area (Å²) in [5, 5.41) is 4.34. The van der Waals surface area contributed by atoms with E-state index in [0.717, 1.165) is 23.4 Å². The molecule has 1 nitrogen and oxygen atoms in total. The smallest absolute Gasteiger partial charge is 0.0438 e. The average molecular weight is 286 g/mol. The molecular weight excluding hydrogens is 266 g/mol. The molecule has 3 rings (SSSR count). The lowest BCUT2D eigenvalue weighted by Gasteiger charge is -2.24. The van der Waals surface area contributed by atoms with Gasteiger partial charge in [-0.2, -0.15) is 0 Å². The van der Waals surface area contributed by atoms with Crippen LogP contribution >= 0.6 is 11.6 Å². The Labute approximate surface area is 126 Å². The molecule has 0 spiro atoms. The van der Waals surface area contributed by atoms with E-state index >= 15 is 0 Å². The number of aryl methyl sites for hydroxylation is 1. The Balaban J connectivity index is 1.87. The molecule has 0 heterocycles. The summed E-state index contributed by atoms with van der Waals surface area (Å²) in [5.41, 5.74) is 5.42. The minimum Gasteiger partial charge on any atom is -0.313 e. The molecule has 0 radical (unpaired) electrons. The van der Waals surface area contributed by atoms with Crippen LogP contribution < -0.4 is 5.32 Å². The number of halogens is 1. The Hall–Kier alpha value is -1.31. The van der Waals surface area contributed by atoms with Crippen molar-refractivity contribution >= 4 is 11.6 Å². The number of hydrogen-bond donors (Lipinski definition) is 1. The Kier molecular flexibility index (Phi) is 3.82. The van der Waals surface area contributed by atoms with Gasteiger partial charge in [0.05, 0.1) is 0 Å². The van der Waals surface area contributed by atoms with Gasteiger partial charge in [0.2, 0.25) is 0 Å². The molecule has 2 heteroatoms. The molecule has 0 aliphatic heterocycles. The SMILES string of the molecule is CNC(c1ccc(C)c(Cl)c1)C1Cc2ccccc2C1. The normalized spacial score (nSPS) is 16.1. The van der Waals surface area contributed by atoms with Gasteiger partial charge in [0.1, 0.15) is 0 Å². The van der Waals surface area contributed by atoms with Crippen LogP contribution in [0.15, 0.2) is 42.5 Å². The number of fused-ring (bicyclic) bond motifs is 1. The first-order chi connectivity index (χ1) is 9.69. The highest BCUT2D eigenvalue weighted by Crippen LogP contribution is 2.36. The predicted octanol–water partition coefficient (Wildman–Crippen LogP) is 4.32. The summed E-state index contributed by atoms with van der Waals surface area (Å²) in [6.45, 7) is 2.05. The van der Waals surface area contributed by atoms with Crippen molar-refractivity contribution in [2.24, 2.45) is 5.92 Å². The van der Waals surface area contributed by atoms with Crippen LogP contribution in [0, 0.1) is 12.8 Å². The van der Waals surface area contributed by atoms with E-state index in [1.807, 2.05) is 14.0 Å². The molecule has 1 atom stereocenters. The summed E-state index contributed by atoms with van der Waals surface area (Å²) in [5.74, 6) is 0.608. The van der Waals surface area contributed by atoms with Gasteiger partial charge < -0.3 is 5.32 Å². The van der Waals surface area contributed by atoms with Gasteiger partial charge in [0.25, 0.3) is 0 Å². The topological polar surface area (TPSA) is 12.0 Å². The first kappa shape index (κ1) is 13.7. The van der Waals surface area contributed by atoms with Crippen molar-refractivity contribution in [1.29, 1.82) is 0 Å². The van der Waals surface area contributed by atoms with Crippen LogP contribution in [0.4, 0.5) is 0 Å². The Morgan fingerprint density at radius 1 is 1.10 bits per heavy atom. The van der Waals surface area contributed by atoms with E-state index < -0.39 is 0 Å². The Morgan fingerprint density at radius 3 is 2.30 bits per heavy atom. The molecular formula is C18H20ClN. The largest absolute Gasteiger partial charge is 0.313 e. The van der Waals surface area contributed by atoms with Gasteiger partial charge in [-0.15, -0.1) is 0 Å². The van der Waals surface area contributed by atoms with Gasteiger partial charge in [0.15, 0.2) is 0 Å². The lowest BCUT2D eigenvalue weighted by molar-refractivity contribution is 0.397. The molecule has 0 amide bonds. The minimum absolute atomic E-state index is 0.362. The van der Waals surface area contributed by atoms with Crippen molar-refractivity contribution in [3.05, 3.63) is 69.7 Å². The number of benzene rings is 2. The second-order valence-corrected chi connectivity index (χ2v) is 6.12. The molecule has 0 fully saturated rings. The molecule has 1 aliphatic rings. The third-order valence-electron chi connectivity index (χ3n) is 4.42. The lowest BCUT2D eigenvalue weighted by atomic mass is 9.90. The van der Waals surface area contributed by atoms with E-state index in [4.69, 9.17) is 11.6 Å². The van der Waals surface area contributed by atoms with E-state index in [2.05, 4.69) is 47.8 Å². The zero-order chi connectivity index (χ0) is 14.1. The van der Waals surface area contributed by atoms with Crippen LogP contribution in [0.25, 0.3) is 0 Å². The molecule has 1 unspecified atom stereocenters. The molecule has 20 heavy (non-hydrogen) atoms. The van der Waals surface area contributed by atoms with E-state index in [-0.39, 0.29) is 0 Å². The highest BCUT2D eigenvalue weighted by atomic mass is 35.5. The monoisotopic (exact) mass is 285 g/mol. The summed E-state index contributed by atoms with van der Waals surface area (Å²) in [6.07, 6.45) is 2.29. The molecule has 2 aromatic carbocycles. The van der Waals surface area contributed by atoms with Crippen LogP contribution in [0.2, 0.25) is 5.02 Å². The molecule has 104 valence electrons. The van der Waals surface area contributed by atoms with Crippen molar-refractivity contribution in [3.63, 3.8) is 0 Å². The van der Waals surface area contributed by atoms with Crippen LogP contribution in [0.1, 0.15) is 28.3 Å². The maximum atomic E-state index is 6.28. The number of hydrogen-bond acceptors (Lipinski definition) is 1. The van der Waals surface area contributed by atoms with Crippen molar-refractivity contribution in [2.45, 2.75) is 25.8 Å². The summed E-state index contributed by atoms with van der Waals surface area (Å²) >= 11 is 6.28.